The summed E-state index contributed by atoms with van der Waals surface area (Å²) in [5.74, 6) is 0. The SMILES string of the molecule is O=[N+]([O-])OS(=O)[O-].O=[N+]([O-])OS(=O)[O-].O=[N+]([O-])OS(=O)[O-].[Au+3]. The normalized spacial score (nSPS) is 12.1. The van der Waals surface area contributed by atoms with Crippen molar-refractivity contribution in [2.45, 2.75) is 0 Å². The molecule has 0 aromatic rings. The van der Waals surface area contributed by atoms with Crippen molar-refractivity contribution in [2.75, 3.05) is 0 Å². The fourth-order valence-electron chi connectivity index (χ4n) is 0.149. The van der Waals surface area contributed by atoms with E-state index in [2.05, 4.69) is 12.9 Å². The maximum absolute atomic E-state index is 9.15. The van der Waals surface area contributed by atoms with Crippen molar-refractivity contribution in [3.63, 3.8) is 0 Å². The zero-order valence-corrected chi connectivity index (χ0v) is 13.6. The number of nitrogens with zero attached hydrogens (tertiary/aromatic N) is 3. The second kappa shape index (κ2) is 17.7. The Labute approximate surface area is 141 Å². The van der Waals surface area contributed by atoms with Crippen LogP contribution in [0.1, 0.15) is 0 Å². The average molecular weight is 575 g/mol. The maximum atomic E-state index is 9.15. The Hall–Kier alpha value is -1.33. The van der Waals surface area contributed by atoms with E-state index in [1.54, 1.807) is 0 Å². The Morgan fingerprint density at radius 2 is 0.727 bits per heavy atom. The van der Waals surface area contributed by atoms with Crippen molar-refractivity contribution in [1.82, 2.24) is 0 Å². The summed E-state index contributed by atoms with van der Waals surface area (Å²) in [5.41, 5.74) is 0. The predicted molar refractivity (Wildman–Crippen MR) is 51.0 cm³/mol. The van der Waals surface area contributed by atoms with Crippen LogP contribution in [0.5, 0.6) is 0 Å². The van der Waals surface area contributed by atoms with Gasteiger partial charge in [0.15, 0.2) is 0 Å². The second-order valence-electron chi connectivity index (χ2n) is 1.51. The van der Waals surface area contributed by atoms with Gasteiger partial charge in [0.2, 0.25) is 0 Å². The number of hydrogen-bond acceptors (Lipinski definition) is 15. The summed E-state index contributed by atoms with van der Waals surface area (Å²) in [6.45, 7) is 0. The van der Waals surface area contributed by atoms with Gasteiger partial charge in [0.05, 0.1) is 0 Å². The first kappa shape index (κ1) is 28.8. The quantitative estimate of drug-likeness (QED) is 0.132. The van der Waals surface area contributed by atoms with Crippen LogP contribution in [0.2, 0.25) is 0 Å². The van der Waals surface area contributed by atoms with Crippen molar-refractivity contribution in [3.05, 3.63) is 30.3 Å². The average Bonchev–Trinajstić information content (AvgIpc) is 2.10. The Balaban J connectivity index is -0.000000108. The molecule has 0 amide bonds. The van der Waals surface area contributed by atoms with Gasteiger partial charge < -0.3 is 13.7 Å². The third kappa shape index (κ3) is 51.2. The van der Waals surface area contributed by atoms with Gasteiger partial charge in [-0.15, -0.1) is 30.3 Å². The summed E-state index contributed by atoms with van der Waals surface area (Å²) in [4.78, 5) is 27.0. The predicted octanol–water partition coefficient (Wildman–Crippen LogP) is -3.04. The fourth-order valence-corrected chi connectivity index (χ4v) is 0.447. The zero-order valence-electron chi connectivity index (χ0n) is 8.99. The Bertz CT molecular complexity index is 320. The smallest absolute Gasteiger partial charge is 0.751 e. The summed E-state index contributed by atoms with van der Waals surface area (Å²) in [5, 5.41) is 22.8. The van der Waals surface area contributed by atoms with Crippen LogP contribution in [0.3, 0.4) is 0 Å². The molecule has 0 spiro atoms. The van der Waals surface area contributed by atoms with E-state index in [-0.39, 0.29) is 22.4 Å². The summed E-state index contributed by atoms with van der Waals surface area (Å²) >= 11 is -9.13. The molecule has 0 aromatic carbocycles. The standard InChI is InChI=1S/Au.3HNO5S/c;3*2-1(3)6-7(4)5/h;3*(H,4,5)/q+3;;;/p-3. The molecule has 22 heavy (non-hydrogen) atoms. The molecule has 3 unspecified atom stereocenters. The van der Waals surface area contributed by atoms with Gasteiger partial charge in [-0.3, -0.25) is 0 Å². The van der Waals surface area contributed by atoms with Gasteiger partial charge in [-0.05, 0) is 0 Å². The monoisotopic (exact) mass is 575 g/mol. The summed E-state index contributed by atoms with van der Waals surface area (Å²) < 4.78 is 63.5. The summed E-state index contributed by atoms with van der Waals surface area (Å²) in [6, 6.07) is 0. The minimum Gasteiger partial charge on any atom is -0.751 e. The van der Waals surface area contributed by atoms with E-state index in [0.29, 0.717) is 0 Å². The van der Waals surface area contributed by atoms with Gasteiger partial charge in [-0.2, -0.15) is 0 Å². The first-order chi connectivity index (χ1) is 9.38. The number of rotatable bonds is 6. The molecular formula is AuN3O15S3. The van der Waals surface area contributed by atoms with Crippen LogP contribution in [-0.4, -0.2) is 41.5 Å². The van der Waals surface area contributed by atoms with E-state index in [4.69, 9.17) is 56.6 Å². The first-order valence-electron chi connectivity index (χ1n) is 3.14. The van der Waals surface area contributed by atoms with E-state index in [0.717, 1.165) is 0 Å². The van der Waals surface area contributed by atoms with Crippen LogP contribution < -0.4 is 0 Å². The Morgan fingerprint density at radius 1 is 0.591 bits per heavy atom. The molecule has 0 saturated carbocycles. The van der Waals surface area contributed by atoms with Gasteiger partial charge in [-0.1, -0.05) is 0 Å². The topological polar surface area (TPSA) is 277 Å². The molecule has 0 bridgehead atoms. The van der Waals surface area contributed by atoms with Crippen molar-refractivity contribution >= 4 is 34.1 Å². The molecule has 0 N–H and O–H groups in total. The minimum atomic E-state index is -3.04. The molecule has 22 heteroatoms. The first-order valence-corrected chi connectivity index (χ1v) is 6.14. The van der Waals surface area contributed by atoms with Gasteiger partial charge >= 0.3 is 37.6 Å². The van der Waals surface area contributed by atoms with Crippen molar-refractivity contribution < 1.29 is 76.8 Å². The van der Waals surface area contributed by atoms with E-state index in [1.165, 1.54) is 0 Å². The largest absolute Gasteiger partial charge is 3.00 e. The molecule has 0 aliphatic heterocycles. The van der Waals surface area contributed by atoms with Crippen LogP contribution >= 0.6 is 0 Å². The van der Waals surface area contributed by atoms with Gasteiger partial charge in [0.25, 0.3) is 0 Å². The molecule has 18 nitrogen and oxygen atoms in total. The van der Waals surface area contributed by atoms with Gasteiger partial charge in [0, 0.05) is 0 Å². The molecule has 0 radical (unpaired) electrons. The second-order valence-corrected chi connectivity index (χ2v) is 3.18. The van der Waals surface area contributed by atoms with Crippen LogP contribution in [-0.2, 0) is 69.3 Å². The summed E-state index contributed by atoms with van der Waals surface area (Å²) in [6.07, 6.45) is 0. The number of hydrogen-bond donors (Lipinski definition) is 0. The molecule has 0 aliphatic carbocycles. The van der Waals surface area contributed by atoms with Crippen LogP contribution in [0.25, 0.3) is 0 Å². The zero-order chi connectivity index (χ0) is 17.6. The van der Waals surface area contributed by atoms with E-state index in [1.807, 2.05) is 0 Å². The van der Waals surface area contributed by atoms with Crippen LogP contribution in [0, 0.1) is 30.3 Å². The molecule has 0 rings (SSSR count). The van der Waals surface area contributed by atoms with E-state index >= 15 is 0 Å². The molecule has 0 aromatic heterocycles. The molecule has 0 aliphatic rings. The molecule has 0 heterocycles. The third-order valence-corrected chi connectivity index (χ3v) is 1.10. The minimum absolute atomic E-state index is 0. The Morgan fingerprint density at radius 3 is 0.727 bits per heavy atom. The molecule has 3 atom stereocenters. The Kier molecular flexibility index (Phi) is 23.2. The van der Waals surface area contributed by atoms with E-state index < -0.39 is 49.3 Å². The molecule has 0 fully saturated rings. The van der Waals surface area contributed by atoms with Crippen molar-refractivity contribution in [2.24, 2.45) is 0 Å². The fraction of sp³-hybridized carbons (Fsp3) is 0. The van der Waals surface area contributed by atoms with Crippen LogP contribution in [0.4, 0.5) is 0 Å². The van der Waals surface area contributed by atoms with Gasteiger partial charge in [0.1, 0.15) is 34.1 Å². The van der Waals surface area contributed by atoms with Gasteiger partial charge in [-0.25, -0.2) is 25.5 Å². The van der Waals surface area contributed by atoms with Crippen molar-refractivity contribution in [1.29, 1.82) is 0 Å². The maximum Gasteiger partial charge on any atom is 3.00 e. The molecule has 0 saturated heterocycles. The third-order valence-electron chi connectivity index (χ3n) is 0.365. The molecule has 134 valence electrons. The van der Waals surface area contributed by atoms with Crippen molar-refractivity contribution in [3.8, 4) is 0 Å². The molecular weight excluding hydrogens is 575 g/mol. The van der Waals surface area contributed by atoms with Crippen LogP contribution in [0.15, 0.2) is 0 Å². The van der Waals surface area contributed by atoms with E-state index in [9.17, 15) is 0 Å². The summed E-state index contributed by atoms with van der Waals surface area (Å²) in [7, 11) is 0.